The van der Waals surface area contributed by atoms with Crippen LogP contribution in [-0.2, 0) is 4.74 Å². The number of hydrogen-bond donors (Lipinski definition) is 1. The van der Waals surface area contributed by atoms with Gasteiger partial charge < -0.3 is 19.0 Å². The number of carbonyl (C=O) groups is 1. The number of carbonyl (C=O) groups excluding carboxylic acids is 1. The average molecular weight is 405 g/mol. The molecule has 0 radical (unpaired) electrons. The Morgan fingerprint density at radius 3 is 2.63 bits per heavy atom. The van der Waals surface area contributed by atoms with Crippen molar-refractivity contribution in [2.24, 2.45) is 0 Å². The fourth-order valence-electron chi connectivity index (χ4n) is 3.21. The Labute approximate surface area is 170 Å². The van der Waals surface area contributed by atoms with E-state index in [9.17, 15) is 9.18 Å². The Balaban J connectivity index is 1.51. The molecule has 1 amide bonds. The molecule has 0 spiro atoms. The Morgan fingerprint density at radius 2 is 1.93 bits per heavy atom. The van der Waals surface area contributed by atoms with E-state index >= 15 is 0 Å². The highest BCUT2D eigenvalue weighted by Crippen LogP contribution is 2.36. The van der Waals surface area contributed by atoms with Crippen molar-refractivity contribution in [3.05, 3.63) is 72.9 Å². The lowest BCUT2D eigenvalue weighted by Gasteiger charge is -2.28. The smallest absolute Gasteiger partial charge is 0.292 e. The number of imidazole rings is 1. The molecule has 1 fully saturated rings. The van der Waals surface area contributed by atoms with Crippen LogP contribution in [0.25, 0.3) is 22.7 Å². The van der Waals surface area contributed by atoms with Crippen LogP contribution in [0.15, 0.2) is 65.7 Å². The zero-order chi connectivity index (χ0) is 20.5. The van der Waals surface area contributed by atoms with E-state index in [4.69, 9.17) is 9.15 Å². The number of furan rings is 1. The average Bonchev–Trinajstić information content (AvgIpc) is 3.35. The molecule has 0 atom stereocenters. The molecule has 4 aromatic rings. The summed E-state index contributed by atoms with van der Waals surface area (Å²) in [5.74, 6) is 0.226. The molecule has 1 N–H and O–H groups in total. The number of rotatable bonds is 5. The van der Waals surface area contributed by atoms with Crippen molar-refractivity contribution >= 4 is 11.7 Å². The predicted octanol–water partition coefficient (Wildman–Crippen LogP) is 3.56. The third-order valence-corrected chi connectivity index (χ3v) is 4.81. The largest absolute Gasteiger partial charge is 0.449 e. The number of benzene rings is 1. The Hall–Kier alpha value is -3.85. The maximum Gasteiger partial charge on any atom is 0.292 e. The fourth-order valence-corrected chi connectivity index (χ4v) is 3.21. The molecular weight excluding hydrogens is 389 g/mol. The molecule has 4 heterocycles. The third kappa shape index (κ3) is 3.35. The van der Waals surface area contributed by atoms with Gasteiger partial charge in [0.05, 0.1) is 31.3 Å². The van der Waals surface area contributed by atoms with Crippen molar-refractivity contribution in [3.63, 3.8) is 0 Å². The van der Waals surface area contributed by atoms with Crippen molar-refractivity contribution in [1.82, 2.24) is 19.5 Å². The summed E-state index contributed by atoms with van der Waals surface area (Å²) >= 11 is 0. The predicted molar refractivity (Wildman–Crippen MR) is 105 cm³/mol. The van der Waals surface area contributed by atoms with Crippen molar-refractivity contribution in [3.8, 4) is 22.7 Å². The van der Waals surface area contributed by atoms with Gasteiger partial charge in [-0.15, -0.1) is 0 Å². The van der Waals surface area contributed by atoms with E-state index in [2.05, 4.69) is 20.3 Å². The van der Waals surface area contributed by atoms with Crippen molar-refractivity contribution in [2.45, 2.75) is 6.04 Å². The summed E-state index contributed by atoms with van der Waals surface area (Å²) in [6.07, 6.45) is 4.59. The molecule has 150 valence electrons. The van der Waals surface area contributed by atoms with E-state index in [1.54, 1.807) is 36.7 Å². The molecule has 3 aromatic heterocycles. The van der Waals surface area contributed by atoms with Crippen LogP contribution < -0.4 is 5.32 Å². The molecule has 0 saturated carbocycles. The summed E-state index contributed by atoms with van der Waals surface area (Å²) in [5.41, 5.74) is 2.09. The third-order valence-electron chi connectivity index (χ3n) is 4.81. The lowest BCUT2D eigenvalue weighted by molar-refractivity contribution is -0.0227. The van der Waals surface area contributed by atoms with E-state index in [0.717, 1.165) is 5.56 Å². The summed E-state index contributed by atoms with van der Waals surface area (Å²) in [6.45, 7) is 1.13. The van der Waals surface area contributed by atoms with E-state index in [1.165, 1.54) is 24.7 Å². The Morgan fingerprint density at radius 1 is 1.10 bits per heavy atom. The molecular formula is C21H16FN5O3. The number of nitrogens with zero attached hydrogens (tertiary/aromatic N) is 4. The first-order chi connectivity index (χ1) is 14.7. The molecule has 30 heavy (non-hydrogen) atoms. The quantitative estimate of drug-likeness (QED) is 0.546. The summed E-state index contributed by atoms with van der Waals surface area (Å²) < 4.78 is 26.5. The van der Waals surface area contributed by atoms with Gasteiger partial charge in [0, 0.05) is 11.8 Å². The van der Waals surface area contributed by atoms with Crippen LogP contribution in [0.5, 0.6) is 0 Å². The van der Waals surface area contributed by atoms with Gasteiger partial charge in [-0.25, -0.2) is 19.3 Å². The highest BCUT2D eigenvalue weighted by atomic mass is 19.1. The lowest BCUT2D eigenvalue weighted by atomic mass is 10.1. The normalized spacial score (nSPS) is 13.8. The van der Waals surface area contributed by atoms with Gasteiger partial charge >= 0.3 is 0 Å². The molecule has 9 heteroatoms. The summed E-state index contributed by atoms with van der Waals surface area (Å²) in [5, 5.41) is 2.66. The molecule has 1 saturated heterocycles. The first kappa shape index (κ1) is 18.2. The van der Waals surface area contributed by atoms with Gasteiger partial charge in [0.1, 0.15) is 23.7 Å². The minimum absolute atomic E-state index is 0.116. The number of nitrogens with one attached hydrogen (secondary N) is 1. The zero-order valence-corrected chi connectivity index (χ0v) is 15.7. The van der Waals surface area contributed by atoms with Gasteiger partial charge in [-0.1, -0.05) is 0 Å². The second kappa shape index (κ2) is 7.53. The van der Waals surface area contributed by atoms with Crippen LogP contribution >= 0.6 is 0 Å². The number of amides is 1. The first-order valence-corrected chi connectivity index (χ1v) is 9.27. The molecule has 0 bridgehead atoms. The summed E-state index contributed by atoms with van der Waals surface area (Å²) in [6, 6.07) is 11.1. The Kier molecular flexibility index (Phi) is 4.56. The molecule has 8 nitrogen and oxygen atoms in total. The van der Waals surface area contributed by atoms with Gasteiger partial charge in [-0.2, -0.15) is 0 Å². The molecule has 0 unspecified atom stereocenters. The van der Waals surface area contributed by atoms with E-state index in [1.807, 2.05) is 4.57 Å². The second-order valence-electron chi connectivity index (χ2n) is 6.76. The highest BCUT2D eigenvalue weighted by molar-refractivity contribution is 6.02. The number of halogens is 1. The van der Waals surface area contributed by atoms with Crippen molar-refractivity contribution in [2.75, 3.05) is 18.5 Å². The van der Waals surface area contributed by atoms with Gasteiger partial charge in [-0.05, 0) is 42.5 Å². The van der Waals surface area contributed by atoms with Gasteiger partial charge in [0.25, 0.3) is 5.91 Å². The minimum Gasteiger partial charge on any atom is -0.449 e. The molecule has 1 aliphatic rings. The standard InChI is InChI=1S/C21H16FN5O3/c22-14-3-1-13(2-4-14)19-20(27(12-25-19)15-9-29-10-15)16-5-6-17(30-16)21(28)26-18-7-8-23-11-24-18/h1-8,11-12,15H,9-10H2,(H,23,24,26,28). The van der Waals surface area contributed by atoms with Crippen LogP contribution in [0, 0.1) is 5.82 Å². The highest BCUT2D eigenvalue weighted by Gasteiger charge is 2.28. The SMILES string of the molecule is O=C(Nc1ccncn1)c1ccc(-c2c(-c3ccc(F)cc3)ncn2C2COC2)o1. The second-order valence-corrected chi connectivity index (χ2v) is 6.76. The number of aromatic nitrogens is 4. The number of hydrogen-bond acceptors (Lipinski definition) is 6. The van der Waals surface area contributed by atoms with E-state index in [-0.39, 0.29) is 17.6 Å². The minimum atomic E-state index is -0.429. The first-order valence-electron chi connectivity index (χ1n) is 9.27. The Bertz CT molecular complexity index is 1180. The van der Waals surface area contributed by atoms with Crippen LogP contribution in [0.4, 0.5) is 10.2 Å². The van der Waals surface area contributed by atoms with E-state index < -0.39 is 5.91 Å². The maximum atomic E-state index is 13.4. The van der Waals surface area contributed by atoms with Gasteiger partial charge in [-0.3, -0.25) is 4.79 Å². The van der Waals surface area contributed by atoms with Crippen molar-refractivity contribution < 1.29 is 18.3 Å². The van der Waals surface area contributed by atoms with Crippen LogP contribution in [-0.4, -0.2) is 38.6 Å². The zero-order valence-electron chi connectivity index (χ0n) is 15.7. The van der Waals surface area contributed by atoms with Crippen LogP contribution in [0.1, 0.15) is 16.6 Å². The monoisotopic (exact) mass is 405 g/mol. The fraction of sp³-hybridized carbons (Fsp3) is 0.143. The van der Waals surface area contributed by atoms with Gasteiger partial charge in [0.2, 0.25) is 0 Å². The molecule has 5 rings (SSSR count). The summed E-state index contributed by atoms with van der Waals surface area (Å²) in [4.78, 5) is 24.8. The lowest BCUT2D eigenvalue weighted by Crippen LogP contribution is -2.30. The topological polar surface area (TPSA) is 95.1 Å². The summed E-state index contributed by atoms with van der Waals surface area (Å²) in [7, 11) is 0. The van der Waals surface area contributed by atoms with E-state index in [0.29, 0.717) is 36.2 Å². The van der Waals surface area contributed by atoms with Gasteiger partial charge in [0.15, 0.2) is 11.5 Å². The van der Waals surface area contributed by atoms with Crippen LogP contribution in [0.3, 0.4) is 0 Å². The number of ether oxygens (including phenoxy) is 1. The molecule has 1 aromatic carbocycles. The van der Waals surface area contributed by atoms with Crippen LogP contribution in [0.2, 0.25) is 0 Å². The molecule has 0 aliphatic carbocycles. The van der Waals surface area contributed by atoms with Crippen molar-refractivity contribution in [1.29, 1.82) is 0 Å². The molecule has 1 aliphatic heterocycles. The maximum absolute atomic E-state index is 13.4. The number of anilines is 1.